The van der Waals surface area contributed by atoms with Gasteiger partial charge in [0.15, 0.2) is 0 Å². The van der Waals surface area contributed by atoms with E-state index in [0.717, 1.165) is 4.31 Å². The van der Waals surface area contributed by atoms with Crippen molar-refractivity contribution in [3.8, 4) is 11.5 Å². The molecule has 4 rings (SSSR count). The van der Waals surface area contributed by atoms with E-state index in [2.05, 4.69) is 5.32 Å². The SMILES string of the molecule is CCNC(=O)[C@@H](C)N(Cc1ccc(F)cc1)C(=O)CN(c1ccc(Oc2ccccc2)cc1)S(=O)(=O)c1ccccc1. The zero-order valence-electron chi connectivity index (χ0n) is 23.3. The van der Waals surface area contributed by atoms with Crippen LogP contribution >= 0.6 is 0 Å². The van der Waals surface area contributed by atoms with Crippen molar-refractivity contribution < 1.29 is 27.1 Å². The van der Waals surface area contributed by atoms with Crippen molar-refractivity contribution in [2.75, 3.05) is 17.4 Å². The molecule has 0 heterocycles. The summed E-state index contributed by atoms with van der Waals surface area (Å²) >= 11 is 0. The topological polar surface area (TPSA) is 96.0 Å². The minimum absolute atomic E-state index is 0.00395. The predicted octanol–water partition coefficient (Wildman–Crippen LogP) is 5.37. The fraction of sp³-hybridized carbons (Fsp3) is 0.188. The van der Waals surface area contributed by atoms with Crippen LogP contribution in [0.15, 0.2) is 114 Å². The summed E-state index contributed by atoms with van der Waals surface area (Å²) in [5.74, 6) is -0.343. The Bertz CT molecular complexity index is 1580. The zero-order valence-corrected chi connectivity index (χ0v) is 24.1. The molecular weight excluding hydrogens is 557 g/mol. The molecule has 0 saturated carbocycles. The van der Waals surface area contributed by atoms with Crippen LogP contribution in [0.3, 0.4) is 0 Å². The van der Waals surface area contributed by atoms with E-state index in [0.29, 0.717) is 23.6 Å². The number of nitrogens with zero attached hydrogens (tertiary/aromatic N) is 2. The number of halogens is 1. The molecule has 2 amide bonds. The number of benzene rings is 4. The maximum Gasteiger partial charge on any atom is 0.264 e. The Morgan fingerprint density at radius 3 is 2.00 bits per heavy atom. The highest BCUT2D eigenvalue weighted by Crippen LogP contribution is 2.28. The molecule has 8 nitrogen and oxygen atoms in total. The molecule has 0 aromatic heterocycles. The first-order valence-corrected chi connectivity index (χ1v) is 14.9. The number of carbonyl (C=O) groups excluding carboxylic acids is 2. The lowest BCUT2D eigenvalue weighted by molar-refractivity contribution is -0.139. The Morgan fingerprint density at radius 2 is 1.40 bits per heavy atom. The predicted molar refractivity (Wildman–Crippen MR) is 159 cm³/mol. The van der Waals surface area contributed by atoms with Gasteiger partial charge in [-0.05, 0) is 80.1 Å². The van der Waals surface area contributed by atoms with Crippen LogP contribution in [0.5, 0.6) is 11.5 Å². The summed E-state index contributed by atoms with van der Waals surface area (Å²) in [4.78, 5) is 28.0. The Labute approximate surface area is 245 Å². The largest absolute Gasteiger partial charge is 0.457 e. The number of hydrogen-bond acceptors (Lipinski definition) is 5. The minimum atomic E-state index is -4.19. The highest BCUT2D eigenvalue weighted by atomic mass is 32.2. The lowest BCUT2D eigenvalue weighted by atomic mass is 10.1. The average molecular weight is 590 g/mol. The van der Waals surface area contributed by atoms with E-state index >= 15 is 0 Å². The molecule has 42 heavy (non-hydrogen) atoms. The molecule has 0 aliphatic heterocycles. The van der Waals surface area contributed by atoms with Gasteiger partial charge in [-0.3, -0.25) is 13.9 Å². The molecule has 1 atom stereocenters. The lowest BCUT2D eigenvalue weighted by Crippen LogP contribution is -2.51. The molecule has 4 aromatic rings. The van der Waals surface area contributed by atoms with Gasteiger partial charge in [-0.15, -0.1) is 0 Å². The van der Waals surface area contributed by atoms with Gasteiger partial charge in [-0.25, -0.2) is 12.8 Å². The molecule has 0 aliphatic carbocycles. The minimum Gasteiger partial charge on any atom is -0.457 e. The standard InChI is InChI=1S/C32H32FN3O5S/c1-3-34-32(38)24(2)35(22-25-14-16-26(33)17-15-25)31(37)23-36(42(39,40)30-12-8-5-9-13-30)27-18-20-29(21-19-27)41-28-10-6-4-7-11-28/h4-21,24H,3,22-23H2,1-2H3,(H,34,38)/t24-/m1/s1. The second-order valence-corrected chi connectivity index (χ2v) is 11.3. The van der Waals surface area contributed by atoms with E-state index in [1.807, 2.05) is 18.2 Å². The number of anilines is 1. The van der Waals surface area contributed by atoms with Crippen molar-refractivity contribution in [3.63, 3.8) is 0 Å². The summed E-state index contributed by atoms with van der Waals surface area (Å²) in [5.41, 5.74) is 0.820. The number of amides is 2. The van der Waals surface area contributed by atoms with Crippen LogP contribution in [-0.4, -0.2) is 44.3 Å². The molecule has 10 heteroatoms. The van der Waals surface area contributed by atoms with Gasteiger partial charge in [0.05, 0.1) is 10.6 Å². The summed E-state index contributed by atoms with van der Waals surface area (Å²) in [6.07, 6.45) is 0. The zero-order chi connectivity index (χ0) is 30.1. The molecule has 0 unspecified atom stereocenters. The van der Waals surface area contributed by atoms with Crippen molar-refractivity contribution in [1.82, 2.24) is 10.2 Å². The summed E-state index contributed by atoms with van der Waals surface area (Å²) in [6.45, 7) is 3.07. The Balaban J connectivity index is 1.68. The van der Waals surface area contributed by atoms with Crippen LogP contribution < -0.4 is 14.4 Å². The van der Waals surface area contributed by atoms with Gasteiger partial charge < -0.3 is 15.0 Å². The first-order valence-electron chi connectivity index (χ1n) is 13.4. The van der Waals surface area contributed by atoms with Gasteiger partial charge in [-0.1, -0.05) is 48.5 Å². The van der Waals surface area contributed by atoms with Crippen molar-refractivity contribution in [2.24, 2.45) is 0 Å². The Morgan fingerprint density at radius 1 is 0.833 bits per heavy atom. The molecule has 4 aromatic carbocycles. The van der Waals surface area contributed by atoms with Crippen molar-refractivity contribution in [2.45, 2.75) is 31.3 Å². The number of hydrogen-bond donors (Lipinski definition) is 1. The quantitative estimate of drug-likeness (QED) is 0.240. The first-order chi connectivity index (χ1) is 20.2. The molecule has 0 saturated heterocycles. The van der Waals surface area contributed by atoms with E-state index in [1.165, 1.54) is 41.3 Å². The third-order valence-electron chi connectivity index (χ3n) is 6.50. The fourth-order valence-electron chi connectivity index (χ4n) is 4.24. The fourth-order valence-corrected chi connectivity index (χ4v) is 5.68. The van der Waals surface area contributed by atoms with Gasteiger partial charge in [0.1, 0.15) is 29.9 Å². The molecule has 0 bridgehead atoms. The van der Waals surface area contributed by atoms with Gasteiger partial charge in [0.2, 0.25) is 11.8 Å². The van der Waals surface area contributed by atoms with Crippen LogP contribution in [-0.2, 0) is 26.2 Å². The summed E-state index contributed by atoms with van der Waals surface area (Å²) < 4.78 is 48.1. The van der Waals surface area contributed by atoms with Gasteiger partial charge >= 0.3 is 0 Å². The maximum atomic E-state index is 13.9. The summed E-state index contributed by atoms with van der Waals surface area (Å²) in [5, 5.41) is 2.70. The van der Waals surface area contributed by atoms with Gasteiger partial charge in [0, 0.05) is 13.1 Å². The molecule has 218 valence electrons. The smallest absolute Gasteiger partial charge is 0.264 e. The van der Waals surface area contributed by atoms with Crippen LogP contribution in [0.1, 0.15) is 19.4 Å². The van der Waals surface area contributed by atoms with Crippen LogP contribution in [0, 0.1) is 5.82 Å². The van der Waals surface area contributed by atoms with Crippen LogP contribution in [0.4, 0.5) is 10.1 Å². The molecule has 0 aliphatic rings. The van der Waals surface area contributed by atoms with E-state index < -0.39 is 40.2 Å². The number of para-hydroxylation sites is 1. The number of ether oxygens (including phenoxy) is 1. The van der Waals surface area contributed by atoms with E-state index in [1.54, 1.807) is 68.4 Å². The molecule has 0 radical (unpaired) electrons. The first kappa shape index (κ1) is 30.3. The number of carbonyl (C=O) groups is 2. The summed E-state index contributed by atoms with van der Waals surface area (Å²) in [7, 11) is -4.19. The van der Waals surface area contributed by atoms with E-state index in [9.17, 15) is 22.4 Å². The molecular formula is C32H32FN3O5S. The maximum absolute atomic E-state index is 13.9. The van der Waals surface area contributed by atoms with Crippen molar-refractivity contribution in [3.05, 3.63) is 121 Å². The third-order valence-corrected chi connectivity index (χ3v) is 8.29. The van der Waals surface area contributed by atoms with E-state index in [4.69, 9.17) is 4.74 Å². The highest BCUT2D eigenvalue weighted by Gasteiger charge is 2.32. The summed E-state index contributed by atoms with van der Waals surface area (Å²) in [6, 6.07) is 27.9. The second kappa shape index (κ2) is 13.8. The third kappa shape index (κ3) is 7.52. The molecule has 1 N–H and O–H groups in total. The van der Waals surface area contributed by atoms with E-state index in [-0.39, 0.29) is 17.1 Å². The number of rotatable bonds is 12. The normalized spacial score (nSPS) is 11.8. The molecule has 0 spiro atoms. The number of likely N-dealkylation sites (N-methyl/N-ethyl adjacent to an activating group) is 1. The Hall–Kier alpha value is -4.70. The molecule has 0 fully saturated rings. The van der Waals surface area contributed by atoms with Crippen LogP contribution in [0.25, 0.3) is 0 Å². The number of nitrogens with one attached hydrogen (secondary N) is 1. The lowest BCUT2D eigenvalue weighted by Gasteiger charge is -2.32. The monoisotopic (exact) mass is 589 g/mol. The second-order valence-electron chi connectivity index (χ2n) is 9.45. The average Bonchev–Trinajstić information content (AvgIpc) is 3.00. The van der Waals surface area contributed by atoms with Crippen molar-refractivity contribution >= 4 is 27.5 Å². The van der Waals surface area contributed by atoms with Gasteiger partial charge in [0.25, 0.3) is 10.0 Å². The van der Waals surface area contributed by atoms with Crippen LogP contribution in [0.2, 0.25) is 0 Å². The van der Waals surface area contributed by atoms with Crippen molar-refractivity contribution in [1.29, 1.82) is 0 Å². The Kier molecular flexibility index (Phi) is 9.93. The highest BCUT2D eigenvalue weighted by molar-refractivity contribution is 7.92. The number of sulfonamides is 1. The van der Waals surface area contributed by atoms with Gasteiger partial charge in [-0.2, -0.15) is 0 Å².